The molecule has 94 valence electrons. The second-order valence-corrected chi connectivity index (χ2v) is 4.92. The van der Waals surface area contributed by atoms with E-state index in [4.69, 9.17) is 9.84 Å². The molecule has 7 nitrogen and oxygen atoms in total. The summed E-state index contributed by atoms with van der Waals surface area (Å²) < 4.78 is 6.73. The van der Waals surface area contributed by atoms with Gasteiger partial charge in [-0.05, 0) is 22.6 Å². The number of rotatable bonds is 2. The van der Waals surface area contributed by atoms with Crippen LogP contribution >= 0.6 is 22.6 Å². The lowest BCUT2D eigenvalue weighted by Crippen LogP contribution is -2.39. The van der Waals surface area contributed by atoms with E-state index >= 15 is 0 Å². The topological polar surface area (TPSA) is 105 Å². The molecule has 1 aliphatic rings. The predicted molar refractivity (Wildman–Crippen MR) is 65.9 cm³/mol. The number of nitrogens with one attached hydrogen (secondary N) is 1. The Hall–Kier alpha value is -0.710. The molecule has 1 saturated heterocycles. The molecule has 0 spiro atoms. The smallest absolute Gasteiger partial charge is 0.328 e. The van der Waals surface area contributed by atoms with E-state index in [0.29, 0.717) is 3.57 Å². The molecular formula is C9H11IN2O5. The van der Waals surface area contributed by atoms with Gasteiger partial charge in [0.05, 0.1) is 22.8 Å². The summed E-state index contributed by atoms with van der Waals surface area (Å²) in [6, 6.07) is -0.593. The molecule has 1 aromatic heterocycles. The fourth-order valence-electron chi connectivity index (χ4n) is 1.78. The lowest BCUT2D eigenvalue weighted by Gasteiger charge is -2.17. The number of aromatic amines is 1. The van der Waals surface area contributed by atoms with E-state index in [1.165, 1.54) is 10.8 Å². The van der Waals surface area contributed by atoms with E-state index in [-0.39, 0.29) is 13.2 Å². The van der Waals surface area contributed by atoms with E-state index in [0.717, 1.165) is 0 Å². The fraction of sp³-hybridized carbons (Fsp3) is 0.556. The van der Waals surface area contributed by atoms with Gasteiger partial charge in [0.15, 0.2) is 0 Å². The highest BCUT2D eigenvalue weighted by Gasteiger charge is 2.37. The second-order valence-electron chi connectivity index (χ2n) is 3.76. The molecule has 0 saturated carbocycles. The monoisotopic (exact) mass is 354 g/mol. The zero-order valence-corrected chi connectivity index (χ0v) is 10.8. The Morgan fingerprint density at radius 3 is 2.88 bits per heavy atom. The Labute approximate surface area is 109 Å². The minimum absolute atomic E-state index is 0.119. The maximum absolute atomic E-state index is 11.6. The number of hydrogen-bond donors (Lipinski definition) is 3. The van der Waals surface area contributed by atoms with E-state index in [2.05, 4.69) is 4.98 Å². The minimum atomic E-state index is -0.973. The maximum Gasteiger partial charge on any atom is 0.328 e. The molecule has 1 aliphatic heterocycles. The van der Waals surface area contributed by atoms with Gasteiger partial charge in [-0.25, -0.2) is 4.79 Å². The van der Waals surface area contributed by atoms with E-state index in [1.807, 2.05) is 0 Å². The first kappa shape index (κ1) is 12.7. The molecule has 3 atom stereocenters. The van der Waals surface area contributed by atoms with Crippen molar-refractivity contribution in [2.24, 2.45) is 0 Å². The minimum Gasteiger partial charge on any atom is -0.394 e. The number of nitrogens with zero attached hydrogens (tertiary/aromatic N) is 1. The summed E-state index contributed by atoms with van der Waals surface area (Å²) in [6.07, 6.45) is -0.297. The van der Waals surface area contributed by atoms with Gasteiger partial charge in [-0.2, -0.15) is 0 Å². The largest absolute Gasteiger partial charge is 0.394 e. The first-order chi connectivity index (χ1) is 8.04. The normalized spacial score (nSPS) is 28.5. The van der Waals surface area contributed by atoms with Gasteiger partial charge in [0.2, 0.25) is 0 Å². The number of H-pyrrole nitrogens is 1. The van der Waals surface area contributed by atoms with Gasteiger partial charge >= 0.3 is 5.69 Å². The summed E-state index contributed by atoms with van der Waals surface area (Å²) in [5, 5.41) is 18.8. The van der Waals surface area contributed by atoms with Gasteiger partial charge < -0.3 is 14.9 Å². The van der Waals surface area contributed by atoms with Crippen LogP contribution in [0.1, 0.15) is 6.04 Å². The molecule has 0 bridgehead atoms. The summed E-state index contributed by atoms with van der Waals surface area (Å²) in [5.74, 6) is 0. The van der Waals surface area contributed by atoms with Crippen molar-refractivity contribution in [2.45, 2.75) is 18.2 Å². The molecular weight excluding hydrogens is 343 g/mol. The maximum atomic E-state index is 11.6. The Morgan fingerprint density at radius 1 is 1.59 bits per heavy atom. The molecule has 0 aliphatic carbocycles. The van der Waals surface area contributed by atoms with Gasteiger partial charge in [0, 0.05) is 6.20 Å². The summed E-state index contributed by atoms with van der Waals surface area (Å²) in [4.78, 5) is 24.9. The van der Waals surface area contributed by atoms with Crippen molar-refractivity contribution >= 4 is 22.6 Å². The van der Waals surface area contributed by atoms with Crippen LogP contribution in [0.4, 0.5) is 0 Å². The van der Waals surface area contributed by atoms with Gasteiger partial charge in [-0.1, -0.05) is 0 Å². The number of aromatic nitrogens is 2. The van der Waals surface area contributed by atoms with Gasteiger partial charge in [-0.15, -0.1) is 0 Å². The zero-order chi connectivity index (χ0) is 12.6. The number of hydrogen-bond acceptors (Lipinski definition) is 5. The van der Waals surface area contributed by atoms with Crippen molar-refractivity contribution in [3.8, 4) is 0 Å². The van der Waals surface area contributed by atoms with Crippen molar-refractivity contribution in [2.75, 3.05) is 13.2 Å². The number of halogens is 1. The average Bonchev–Trinajstić information content (AvgIpc) is 2.65. The van der Waals surface area contributed by atoms with E-state index < -0.39 is 29.5 Å². The fourth-order valence-corrected chi connectivity index (χ4v) is 2.21. The Balaban J connectivity index is 2.39. The molecule has 0 amide bonds. The molecule has 8 heteroatoms. The Kier molecular flexibility index (Phi) is 3.66. The van der Waals surface area contributed by atoms with Crippen LogP contribution < -0.4 is 11.2 Å². The van der Waals surface area contributed by atoms with Crippen LogP contribution in [0.25, 0.3) is 0 Å². The molecule has 2 unspecified atom stereocenters. The average molecular weight is 354 g/mol. The van der Waals surface area contributed by atoms with Crippen LogP contribution in [0.3, 0.4) is 0 Å². The van der Waals surface area contributed by atoms with Crippen LogP contribution in [-0.2, 0) is 4.74 Å². The van der Waals surface area contributed by atoms with Gasteiger partial charge in [0.1, 0.15) is 12.2 Å². The molecule has 2 heterocycles. The second kappa shape index (κ2) is 4.88. The van der Waals surface area contributed by atoms with Gasteiger partial charge in [0.25, 0.3) is 5.56 Å². The predicted octanol–water partition coefficient (Wildman–Crippen LogP) is -1.57. The third kappa shape index (κ3) is 2.30. The lowest BCUT2D eigenvalue weighted by atomic mass is 10.1. The number of ether oxygens (including phenoxy) is 1. The van der Waals surface area contributed by atoms with Crippen molar-refractivity contribution in [1.82, 2.24) is 9.55 Å². The highest BCUT2D eigenvalue weighted by Crippen LogP contribution is 2.23. The molecule has 3 N–H and O–H groups in total. The molecule has 2 rings (SSSR count). The molecule has 0 radical (unpaired) electrons. The summed E-state index contributed by atoms with van der Waals surface area (Å²) in [6.45, 7) is -0.193. The lowest BCUT2D eigenvalue weighted by molar-refractivity contribution is 0.00188. The van der Waals surface area contributed by atoms with Crippen LogP contribution in [0.15, 0.2) is 15.8 Å². The van der Waals surface area contributed by atoms with Crippen LogP contribution in [-0.4, -0.2) is 45.2 Å². The van der Waals surface area contributed by atoms with E-state index in [1.54, 1.807) is 22.6 Å². The zero-order valence-electron chi connectivity index (χ0n) is 8.67. The Bertz CT molecular complexity index is 525. The molecule has 1 fully saturated rings. The molecule has 1 aromatic rings. The summed E-state index contributed by atoms with van der Waals surface area (Å²) >= 11 is 1.80. The SMILES string of the molecule is O=c1[nH]c(=O)n(C2CO[C@H](CO)C2O)cc1I. The van der Waals surface area contributed by atoms with Crippen LogP contribution in [0, 0.1) is 3.57 Å². The third-order valence-corrected chi connectivity index (χ3v) is 3.49. The Morgan fingerprint density at radius 2 is 2.29 bits per heavy atom. The summed E-state index contributed by atoms with van der Waals surface area (Å²) in [7, 11) is 0. The standard InChI is InChI=1S/C9H11IN2O5/c10-4-1-12(9(16)11-8(4)15)5-3-17-6(2-13)7(5)14/h1,5-7,13-14H,2-3H2,(H,11,15,16)/t5?,6-,7?/m1/s1. The third-order valence-electron chi connectivity index (χ3n) is 2.72. The highest BCUT2D eigenvalue weighted by molar-refractivity contribution is 14.1. The van der Waals surface area contributed by atoms with Gasteiger partial charge in [-0.3, -0.25) is 14.3 Å². The van der Waals surface area contributed by atoms with E-state index in [9.17, 15) is 14.7 Å². The first-order valence-electron chi connectivity index (χ1n) is 4.96. The van der Waals surface area contributed by atoms with Crippen molar-refractivity contribution < 1.29 is 14.9 Å². The summed E-state index contributed by atoms with van der Waals surface area (Å²) in [5.41, 5.74) is -1.05. The van der Waals surface area contributed by atoms with Crippen LogP contribution in [0.5, 0.6) is 0 Å². The quantitative estimate of drug-likeness (QED) is 0.557. The van der Waals surface area contributed by atoms with Crippen LogP contribution in [0.2, 0.25) is 0 Å². The molecule has 17 heavy (non-hydrogen) atoms. The number of aliphatic hydroxyl groups is 2. The van der Waals surface area contributed by atoms with Crippen molar-refractivity contribution in [3.05, 3.63) is 30.6 Å². The number of aliphatic hydroxyl groups excluding tert-OH is 2. The molecule has 0 aromatic carbocycles. The highest BCUT2D eigenvalue weighted by atomic mass is 127. The van der Waals surface area contributed by atoms with Crippen molar-refractivity contribution in [3.63, 3.8) is 0 Å². The van der Waals surface area contributed by atoms with Crippen molar-refractivity contribution in [1.29, 1.82) is 0 Å². The first-order valence-corrected chi connectivity index (χ1v) is 6.04.